The largest absolute Gasteiger partial charge is 0.461 e. The molecule has 1 aliphatic rings. The number of carbonyl (C=O) groups excluding carboxylic acids is 2. The maximum absolute atomic E-state index is 12.7. The van der Waals surface area contributed by atoms with E-state index in [1.807, 2.05) is 32.6 Å². The van der Waals surface area contributed by atoms with Crippen LogP contribution < -0.4 is 0 Å². The van der Waals surface area contributed by atoms with Crippen molar-refractivity contribution in [3.8, 4) is 0 Å². The quantitative estimate of drug-likeness (QED) is 0.768. The molecule has 1 aromatic heterocycles. The van der Waals surface area contributed by atoms with Gasteiger partial charge in [-0.25, -0.2) is 4.79 Å². The summed E-state index contributed by atoms with van der Waals surface area (Å²) in [6.45, 7) is 11.6. The van der Waals surface area contributed by atoms with Gasteiger partial charge in [0.1, 0.15) is 5.69 Å². The standard InChI is InChI=1S/C19H30N2O4/c1-6-24-19(23)17-13(4)16(14(5)20-17)11-21(18(22)12(2)3)10-15-8-7-9-25-15/h12,15,20H,6-11H2,1-5H3/t15-/m1/s1. The average Bonchev–Trinajstić information content (AvgIpc) is 3.16. The van der Waals surface area contributed by atoms with Crippen LogP contribution in [0.2, 0.25) is 0 Å². The first-order valence-electron chi connectivity index (χ1n) is 9.10. The summed E-state index contributed by atoms with van der Waals surface area (Å²) >= 11 is 0. The Morgan fingerprint density at radius 1 is 1.36 bits per heavy atom. The van der Waals surface area contributed by atoms with Crippen LogP contribution in [0.1, 0.15) is 60.9 Å². The van der Waals surface area contributed by atoms with Gasteiger partial charge in [0.15, 0.2) is 0 Å². The Balaban J connectivity index is 2.22. The monoisotopic (exact) mass is 350 g/mol. The first kappa shape index (κ1) is 19.5. The van der Waals surface area contributed by atoms with E-state index >= 15 is 0 Å². The molecular formula is C19H30N2O4. The van der Waals surface area contributed by atoms with Crippen molar-refractivity contribution in [1.29, 1.82) is 0 Å². The van der Waals surface area contributed by atoms with Crippen molar-refractivity contribution in [1.82, 2.24) is 9.88 Å². The van der Waals surface area contributed by atoms with E-state index in [0.29, 0.717) is 25.4 Å². The minimum absolute atomic E-state index is 0.0783. The average molecular weight is 350 g/mol. The molecule has 1 N–H and O–H groups in total. The van der Waals surface area contributed by atoms with Gasteiger partial charge in [0, 0.05) is 31.3 Å². The van der Waals surface area contributed by atoms with Crippen LogP contribution in [0.25, 0.3) is 0 Å². The first-order chi connectivity index (χ1) is 11.8. The number of amides is 1. The van der Waals surface area contributed by atoms with Crippen molar-refractivity contribution < 1.29 is 19.1 Å². The summed E-state index contributed by atoms with van der Waals surface area (Å²) in [7, 11) is 0. The molecule has 1 aliphatic heterocycles. The van der Waals surface area contributed by atoms with Gasteiger partial charge in [-0.3, -0.25) is 4.79 Å². The topological polar surface area (TPSA) is 71.6 Å². The van der Waals surface area contributed by atoms with Gasteiger partial charge < -0.3 is 19.4 Å². The molecule has 2 rings (SSSR count). The third-order valence-electron chi connectivity index (χ3n) is 4.67. The highest BCUT2D eigenvalue weighted by atomic mass is 16.5. The Bertz CT molecular complexity index is 615. The molecule has 1 atom stereocenters. The lowest BCUT2D eigenvalue weighted by Crippen LogP contribution is -2.39. The lowest BCUT2D eigenvalue weighted by Gasteiger charge is -2.27. The van der Waals surface area contributed by atoms with Crippen molar-refractivity contribution in [3.05, 3.63) is 22.5 Å². The smallest absolute Gasteiger partial charge is 0.355 e. The van der Waals surface area contributed by atoms with Crippen LogP contribution in [-0.2, 0) is 20.8 Å². The van der Waals surface area contributed by atoms with E-state index in [-0.39, 0.29) is 23.9 Å². The number of ether oxygens (including phenoxy) is 2. The molecule has 2 heterocycles. The number of nitrogens with zero attached hydrogens (tertiary/aromatic N) is 1. The number of hydrogen-bond donors (Lipinski definition) is 1. The summed E-state index contributed by atoms with van der Waals surface area (Å²) in [4.78, 5) is 29.7. The summed E-state index contributed by atoms with van der Waals surface area (Å²) in [5, 5.41) is 0. The van der Waals surface area contributed by atoms with E-state index in [0.717, 1.165) is 36.3 Å². The van der Waals surface area contributed by atoms with Crippen molar-refractivity contribution >= 4 is 11.9 Å². The van der Waals surface area contributed by atoms with Crippen LogP contribution in [0.4, 0.5) is 0 Å². The minimum atomic E-state index is -0.352. The van der Waals surface area contributed by atoms with Crippen LogP contribution in [0, 0.1) is 19.8 Å². The second-order valence-electron chi connectivity index (χ2n) is 6.96. The van der Waals surface area contributed by atoms with Gasteiger partial charge in [-0.15, -0.1) is 0 Å². The molecule has 0 bridgehead atoms. The second kappa shape index (κ2) is 8.52. The summed E-state index contributed by atoms with van der Waals surface area (Å²) in [5.41, 5.74) is 3.21. The first-order valence-corrected chi connectivity index (χ1v) is 9.10. The maximum Gasteiger partial charge on any atom is 0.355 e. The van der Waals surface area contributed by atoms with Crippen LogP contribution in [-0.4, -0.2) is 47.6 Å². The summed E-state index contributed by atoms with van der Waals surface area (Å²) in [5.74, 6) is -0.325. The molecule has 0 spiro atoms. The second-order valence-corrected chi connectivity index (χ2v) is 6.96. The van der Waals surface area contributed by atoms with E-state index in [1.54, 1.807) is 6.92 Å². The van der Waals surface area contributed by atoms with Crippen molar-refractivity contribution in [2.45, 2.75) is 60.1 Å². The van der Waals surface area contributed by atoms with Crippen LogP contribution in [0.5, 0.6) is 0 Å². The number of esters is 1. The van der Waals surface area contributed by atoms with Crippen molar-refractivity contribution in [2.75, 3.05) is 19.8 Å². The maximum atomic E-state index is 12.7. The molecule has 140 valence electrons. The number of hydrogen-bond acceptors (Lipinski definition) is 4. The molecule has 6 nitrogen and oxygen atoms in total. The van der Waals surface area contributed by atoms with Crippen LogP contribution >= 0.6 is 0 Å². The zero-order valence-corrected chi connectivity index (χ0v) is 16.0. The van der Waals surface area contributed by atoms with Gasteiger partial charge in [0.05, 0.1) is 12.7 Å². The third kappa shape index (κ3) is 4.63. The van der Waals surface area contributed by atoms with E-state index in [9.17, 15) is 9.59 Å². The molecule has 1 saturated heterocycles. The Hall–Kier alpha value is -1.82. The summed E-state index contributed by atoms with van der Waals surface area (Å²) < 4.78 is 10.8. The van der Waals surface area contributed by atoms with Gasteiger partial charge in [-0.1, -0.05) is 13.8 Å². The van der Waals surface area contributed by atoms with E-state index in [2.05, 4.69) is 4.98 Å². The molecule has 0 aliphatic carbocycles. The number of H-pyrrole nitrogens is 1. The van der Waals surface area contributed by atoms with Gasteiger partial charge in [-0.2, -0.15) is 0 Å². The predicted molar refractivity (Wildman–Crippen MR) is 95.5 cm³/mol. The molecule has 0 aromatic carbocycles. The third-order valence-corrected chi connectivity index (χ3v) is 4.67. The van der Waals surface area contributed by atoms with Gasteiger partial charge >= 0.3 is 5.97 Å². The fraction of sp³-hybridized carbons (Fsp3) is 0.684. The highest BCUT2D eigenvalue weighted by Crippen LogP contribution is 2.23. The van der Waals surface area contributed by atoms with Crippen LogP contribution in [0.3, 0.4) is 0 Å². The Kier molecular flexibility index (Phi) is 6.64. The lowest BCUT2D eigenvalue weighted by molar-refractivity contribution is -0.136. The Labute approximate surface area is 149 Å². The van der Waals surface area contributed by atoms with Crippen molar-refractivity contribution in [3.63, 3.8) is 0 Å². The molecule has 1 aromatic rings. The Morgan fingerprint density at radius 2 is 2.08 bits per heavy atom. The Morgan fingerprint density at radius 3 is 2.64 bits per heavy atom. The zero-order chi connectivity index (χ0) is 18.6. The molecule has 0 saturated carbocycles. The SMILES string of the molecule is CCOC(=O)c1[nH]c(C)c(CN(C[C@H]2CCCO2)C(=O)C(C)C)c1C. The normalized spacial score (nSPS) is 17.1. The molecule has 0 unspecified atom stereocenters. The lowest BCUT2D eigenvalue weighted by atomic mass is 10.1. The zero-order valence-electron chi connectivity index (χ0n) is 16.0. The molecule has 0 radical (unpaired) electrons. The molecule has 1 amide bonds. The summed E-state index contributed by atoms with van der Waals surface area (Å²) in [6, 6.07) is 0. The van der Waals surface area contributed by atoms with E-state index in [1.165, 1.54) is 0 Å². The molecule has 25 heavy (non-hydrogen) atoms. The molecule has 6 heteroatoms. The molecule has 1 fully saturated rings. The fourth-order valence-corrected chi connectivity index (χ4v) is 3.26. The summed E-state index contributed by atoms with van der Waals surface area (Å²) in [6.07, 6.45) is 2.14. The van der Waals surface area contributed by atoms with E-state index in [4.69, 9.17) is 9.47 Å². The highest BCUT2D eigenvalue weighted by Gasteiger charge is 2.27. The minimum Gasteiger partial charge on any atom is -0.461 e. The van der Waals surface area contributed by atoms with Gasteiger partial charge in [0.2, 0.25) is 5.91 Å². The van der Waals surface area contributed by atoms with Gasteiger partial charge in [-0.05, 0) is 44.7 Å². The number of rotatable bonds is 7. The molecular weight excluding hydrogens is 320 g/mol. The number of aromatic amines is 1. The number of aromatic nitrogens is 1. The predicted octanol–water partition coefficient (Wildman–Crippen LogP) is 2.97. The highest BCUT2D eigenvalue weighted by molar-refractivity contribution is 5.90. The number of aryl methyl sites for hydroxylation is 1. The number of nitrogens with one attached hydrogen (secondary N) is 1. The van der Waals surface area contributed by atoms with E-state index < -0.39 is 0 Å². The fourth-order valence-electron chi connectivity index (χ4n) is 3.26. The van der Waals surface area contributed by atoms with Crippen molar-refractivity contribution in [2.24, 2.45) is 5.92 Å². The van der Waals surface area contributed by atoms with Gasteiger partial charge in [0.25, 0.3) is 0 Å². The number of carbonyl (C=O) groups is 2. The van der Waals surface area contributed by atoms with Crippen LogP contribution in [0.15, 0.2) is 0 Å².